The standard InChI is InChI=1S/C29H49N3O7/c1-4-6-8-9-10-11-12-13-14-15-20-38-26(33)23-32-29(35)39-28-25(36-3)21-24(22-31-28)27(34)30-17-16-19-37-18-7-5-2/h21-22H,4-20,23H2,1-3H3,(H,30,34)(H,32,35). The van der Waals surface area contributed by atoms with Gasteiger partial charge >= 0.3 is 12.1 Å². The van der Waals surface area contributed by atoms with Crippen molar-refractivity contribution in [2.45, 2.75) is 97.3 Å². The molecule has 0 aromatic carbocycles. The Labute approximate surface area is 233 Å². The number of pyridine rings is 1. The van der Waals surface area contributed by atoms with E-state index in [-0.39, 0.29) is 29.6 Å². The Kier molecular flexibility index (Phi) is 20.2. The van der Waals surface area contributed by atoms with Gasteiger partial charge in [0.25, 0.3) is 11.8 Å². The summed E-state index contributed by atoms with van der Waals surface area (Å²) in [6.45, 7) is 6.10. The number of hydrogen-bond acceptors (Lipinski definition) is 8. The smallest absolute Gasteiger partial charge is 0.414 e. The molecule has 0 atom stereocenters. The average Bonchev–Trinajstić information content (AvgIpc) is 2.94. The van der Waals surface area contributed by atoms with Crippen LogP contribution in [0.1, 0.15) is 108 Å². The molecule has 0 aliphatic carbocycles. The molecule has 2 amide bonds. The first-order valence-corrected chi connectivity index (χ1v) is 14.5. The van der Waals surface area contributed by atoms with Crippen LogP contribution in [0.15, 0.2) is 12.3 Å². The number of ether oxygens (including phenoxy) is 4. The minimum Gasteiger partial charge on any atom is -0.491 e. The molecule has 0 fully saturated rings. The van der Waals surface area contributed by atoms with Crippen LogP contribution in [0.25, 0.3) is 0 Å². The lowest BCUT2D eigenvalue weighted by Gasteiger charge is -2.11. The van der Waals surface area contributed by atoms with Gasteiger partial charge < -0.3 is 29.6 Å². The van der Waals surface area contributed by atoms with E-state index in [9.17, 15) is 14.4 Å². The summed E-state index contributed by atoms with van der Waals surface area (Å²) in [6.07, 6.45) is 15.2. The van der Waals surface area contributed by atoms with Gasteiger partial charge in [-0.2, -0.15) is 0 Å². The number of nitrogens with zero attached hydrogens (tertiary/aromatic N) is 1. The van der Waals surface area contributed by atoms with Crippen molar-refractivity contribution in [3.05, 3.63) is 17.8 Å². The fourth-order valence-corrected chi connectivity index (χ4v) is 3.70. The summed E-state index contributed by atoms with van der Waals surface area (Å²) in [4.78, 5) is 40.4. The second-order valence-corrected chi connectivity index (χ2v) is 9.45. The van der Waals surface area contributed by atoms with Gasteiger partial charge in [0.15, 0.2) is 5.75 Å². The van der Waals surface area contributed by atoms with Crippen molar-refractivity contribution in [3.63, 3.8) is 0 Å². The largest absolute Gasteiger partial charge is 0.491 e. The van der Waals surface area contributed by atoms with E-state index < -0.39 is 12.1 Å². The number of rotatable bonds is 23. The molecule has 1 rings (SSSR count). The van der Waals surface area contributed by atoms with Crippen LogP contribution in [0.4, 0.5) is 4.79 Å². The van der Waals surface area contributed by atoms with E-state index in [4.69, 9.17) is 18.9 Å². The highest BCUT2D eigenvalue weighted by Gasteiger charge is 2.16. The lowest BCUT2D eigenvalue weighted by Crippen LogP contribution is -2.33. The molecule has 1 heterocycles. The first kappa shape index (κ1) is 34.1. The number of aromatic nitrogens is 1. The summed E-state index contributed by atoms with van der Waals surface area (Å²) < 4.78 is 21.0. The highest BCUT2D eigenvalue weighted by Crippen LogP contribution is 2.25. The summed E-state index contributed by atoms with van der Waals surface area (Å²) in [7, 11) is 1.38. The lowest BCUT2D eigenvalue weighted by molar-refractivity contribution is -0.142. The van der Waals surface area contributed by atoms with Crippen molar-refractivity contribution in [2.24, 2.45) is 0 Å². The maximum Gasteiger partial charge on any atom is 0.414 e. The third-order valence-corrected chi connectivity index (χ3v) is 6.02. The first-order valence-electron chi connectivity index (χ1n) is 14.5. The third-order valence-electron chi connectivity index (χ3n) is 6.02. The summed E-state index contributed by atoms with van der Waals surface area (Å²) >= 11 is 0. The maximum absolute atomic E-state index is 12.4. The van der Waals surface area contributed by atoms with Crippen molar-refractivity contribution in [3.8, 4) is 11.6 Å². The van der Waals surface area contributed by atoms with Gasteiger partial charge in [-0.05, 0) is 19.3 Å². The van der Waals surface area contributed by atoms with Crippen molar-refractivity contribution in [1.29, 1.82) is 0 Å². The van der Waals surface area contributed by atoms with Crippen LogP contribution in [-0.4, -0.2) is 63.0 Å². The van der Waals surface area contributed by atoms with Crippen molar-refractivity contribution >= 4 is 18.0 Å². The molecule has 2 N–H and O–H groups in total. The Morgan fingerprint density at radius 1 is 0.795 bits per heavy atom. The van der Waals surface area contributed by atoms with Gasteiger partial charge in [0.2, 0.25) is 0 Å². The van der Waals surface area contributed by atoms with Gasteiger partial charge in [-0.1, -0.05) is 78.1 Å². The van der Waals surface area contributed by atoms with E-state index in [1.807, 2.05) is 0 Å². The number of carbonyl (C=O) groups is 3. The number of hydrogen-bond donors (Lipinski definition) is 2. The van der Waals surface area contributed by atoms with E-state index in [1.165, 1.54) is 64.3 Å². The monoisotopic (exact) mass is 551 g/mol. The van der Waals surface area contributed by atoms with E-state index in [2.05, 4.69) is 29.5 Å². The molecule has 0 spiro atoms. The fraction of sp³-hybridized carbons (Fsp3) is 0.724. The van der Waals surface area contributed by atoms with Crippen molar-refractivity contribution < 1.29 is 33.3 Å². The third kappa shape index (κ3) is 17.4. The number of esters is 1. The van der Waals surface area contributed by atoms with Gasteiger partial charge in [0.05, 0.1) is 19.3 Å². The average molecular weight is 552 g/mol. The Morgan fingerprint density at radius 2 is 1.44 bits per heavy atom. The molecule has 222 valence electrons. The fourth-order valence-electron chi connectivity index (χ4n) is 3.70. The van der Waals surface area contributed by atoms with E-state index in [0.29, 0.717) is 26.2 Å². The SMILES string of the molecule is CCCCCCCCCCCCOC(=O)CNC(=O)Oc1ncc(C(=O)NCCCOCCCC)cc1OC. The molecule has 0 aliphatic heterocycles. The molecule has 1 aromatic rings. The minimum atomic E-state index is -0.878. The molecule has 1 aromatic heterocycles. The summed E-state index contributed by atoms with van der Waals surface area (Å²) in [5.74, 6) is -0.861. The zero-order chi connectivity index (χ0) is 28.6. The Balaban J connectivity index is 2.23. The summed E-state index contributed by atoms with van der Waals surface area (Å²) in [6, 6.07) is 1.43. The maximum atomic E-state index is 12.4. The predicted molar refractivity (Wildman–Crippen MR) is 150 cm³/mol. The van der Waals surface area contributed by atoms with Gasteiger partial charge in [-0.15, -0.1) is 0 Å². The number of carbonyl (C=O) groups excluding carboxylic acids is 3. The van der Waals surface area contributed by atoms with Crippen LogP contribution < -0.4 is 20.1 Å². The predicted octanol–water partition coefficient (Wildman–Crippen LogP) is 5.58. The van der Waals surface area contributed by atoms with Gasteiger partial charge in [0, 0.05) is 32.0 Å². The molecular weight excluding hydrogens is 502 g/mol. The Hall–Kier alpha value is -2.88. The Morgan fingerprint density at radius 3 is 2.10 bits per heavy atom. The number of unbranched alkanes of at least 4 members (excludes halogenated alkanes) is 10. The molecule has 0 saturated carbocycles. The summed E-state index contributed by atoms with van der Waals surface area (Å²) in [5, 5.41) is 5.13. The van der Waals surface area contributed by atoms with Crippen LogP contribution in [-0.2, 0) is 14.3 Å². The quantitative estimate of drug-likeness (QED) is 0.133. The van der Waals surface area contributed by atoms with E-state index >= 15 is 0 Å². The van der Waals surface area contributed by atoms with Crippen LogP contribution >= 0.6 is 0 Å². The van der Waals surface area contributed by atoms with E-state index in [0.717, 1.165) is 38.7 Å². The van der Waals surface area contributed by atoms with E-state index in [1.54, 1.807) is 0 Å². The minimum absolute atomic E-state index is 0.115. The van der Waals surface area contributed by atoms with Crippen LogP contribution in [0.5, 0.6) is 11.6 Å². The number of nitrogens with one attached hydrogen (secondary N) is 2. The normalized spacial score (nSPS) is 10.6. The van der Waals surface area contributed by atoms with Crippen molar-refractivity contribution in [2.75, 3.05) is 40.0 Å². The molecule has 0 aliphatic rings. The lowest BCUT2D eigenvalue weighted by atomic mass is 10.1. The van der Waals surface area contributed by atoms with Crippen LogP contribution in [0.2, 0.25) is 0 Å². The molecule has 0 saturated heterocycles. The summed E-state index contributed by atoms with van der Waals surface area (Å²) in [5.41, 5.74) is 0.266. The van der Waals surface area contributed by atoms with Crippen LogP contribution in [0, 0.1) is 0 Å². The number of amides is 2. The zero-order valence-electron chi connectivity index (χ0n) is 24.2. The Bertz CT molecular complexity index is 820. The zero-order valence-corrected chi connectivity index (χ0v) is 24.2. The molecule has 39 heavy (non-hydrogen) atoms. The van der Waals surface area contributed by atoms with Gasteiger partial charge in [-0.25, -0.2) is 9.78 Å². The van der Waals surface area contributed by atoms with Crippen LogP contribution in [0.3, 0.4) is 0 Å². The highest BCUT2D eigenvalue weighted by atomic mass is 16.6. The molecule has 10 nitrogen and oxygen atoms in total. The molecular formula is C29H49N3O7. The molecule has 0 bridgehead atoms. The first-order chi connectivity index (χ1) is 19.0. The second-order valence-electron chi connectivity index (χ2n) is 9.45. The highest BCUT2D eigenvalue weighted by molar-refractivity contribution is 5.94. The van der Waals surface area contributed by atoms with Gasteiger partial charge in [-0.3, -0.25) is 9.59 Å². The van der Waals surface area contributed by atoms with Crippen molar-refractivity contribution in [1.82, 2.24) is 15.6 Å². The molecule has 0 radical (unpaired) electrons. The molecule has 10 heteroatoms. The molecule has 0 unspecified atom stereocenters. The topological polar surface area (TPSA) is 125 Å². The number of methoxy groups -OCH3 is 1. The van der Waals surface area contributed by atoms with Gasteiger partial charge in [0.1, 0.15) is 6.54 Å². The second kappa shape index (κ2) is 23.0.